The average molecular weight is 419 g/mol. The van der Waals surface area contributed by atoms with E-state index in [9.17, 15) is 4.79 Å². The molecule has 0 unspecified atom stereocenters. The fourth-order valence-corrected chi connectivity index (χ4v) is 3.66. The molecular weight excluding hydrogens is 399 g/mol. The molecule has 2 amide bonds. The Morgan fingerprint density at radius 1 is 1.07 bits per heavy atom. The minimum absolute atomic E-state index is 0.111. The standard InChI is InChI=1S/C20H20Cl2N4O2/c21-14-3-1-4-16(11-14)23-20(27)26-8-2-7-25(9-10-26)13-19-24-17-12-15(22)5-6-18(17)28-19/h1,3-6,11-12H,2,7-10,13H2,(H,23,27). The van der Waals surface area contributed by atoms with E-state index in [1.807, 2.05) is 23.1 Å². The molecule has 8 heteroatoms. The van der Waals surface area contributed by atoms with Gasteiger partial charge in [0.15, 0.2) is 5.58 Å². The van der Waals surface area contributed by atoms with Crippen molar-refractivity contribution in [2.75, 3.05) is 31.5 Å². The molecule has 0 atom stereocenters. The van der Waals surface area contributed by atoms with Gasteiger partial charge in [0.05, 0.1) is 6.54 Å². The summed E-state index contributed by atoms with van der Waals surface area (Å²) in [5, 5.41) is 4.15. The first-order valence-electron chi connectivity index (χ1n) is 9.16. The molecule has 6 nitrogen and oxygen atoms in total. The number of aromatic nitrogens is 1. The molecule has 2 aromatic carbocycles. The molecule has 146 valence electrons. The monoisotopic (exact) mass is 418 g/mol. The molecule has 1 aliphatic rings. The van der Waals surface area contributed by atoms with Crippen LogP contribution >= 0.6 is 23.2 Å². The third-order valence-electron chi connectivity index (χ3n) is 4.70. The molecule has 1 N–H and O–H groups in total. The zero-order chi connectivity index (χ0) is 19.5. The maximum Gasteiger partial charge on any atom is 0.321 e. The third kappa shape index (κ3) is 4.58. The van der Waals surface area contributed by atoms with Gasteiger partial charge in [0, 0.05) is 41.9 Å². The van der Waals surface area contributed by atoms with E-state index in [1.54, 1.807) is 24.3 Å². The second-order valence-electron chi connectivity index (χ2n) is 6.78. The van der Waals surface area contributed by atoms with E-state index in [1.165, 1.54) is 0 Å². The predicted octanol–water partition coefficient (Wildman–Crippen LogP) is 4.87. The smallest absolute Gasteiger partial charge is 0.321 e. The molecule has 1 aliphatic heterocycles. The van der Waals surface area contributed by atoms with Crippen LogP contribution in [0.1, 0.15) is 12.3 Å². The highest BCUT2D eigenvalue weighted by Gasteiger charge is 2.20. The maximum atomic E-state index is 12.6. The molecule has 0 saturated carbocycles. The maximum absolute atomic E-state index is 12.6. The van der Waals surface area contributed by atoms with Gasteiger partial charge in [0.25, 0.3) is 0 Å². The number of carbonyl (C=O) groups is 1. The highest BCUT2D eigenvalue weighted by atomic mass is 35.5. The van der Waals surface area contributed by atoms with Gasteiger partial charge in [-0.25, -0.2) is 9.78 Å². The number of hydrogen-bond donors (Lipinski definition) is 1. The van der Waals surface area contributed by atoms with Crippen LogP contribution in [0.15, 0.2) is 46.9 Å². The lowest BCUT2D eigenvalue weighted by atomic mass is 10.3. The zero-order valence-corrected chi connectivity index (χ0v) is 16.7. The van der Waals surface area contributed by atoms with Gasteiger partial charge in [-0.3, -0.25) is 4.90 Å². The van der Waals surface area contributed by atoms with Crippen molar-refractivity contribution < 1.29 is 9.21 Å². The summed E-state index contributed by atoms with van der Waals surface area (Å²) in [6, 6.07) is 12.5. The molecule has 0 bridgehead atoms. The molecule has 1 fully saturated rings. The second kappa shape index (κ2) is 8.39. The summed E-state index contributed by atoms with van der Waals surface area (Å²) in [6.07, 6.45) is 0.884. The van der Waals surface area contributed by atoms with Crippen LogP contribution in [0.25, 0.3) is 11.1 Å². The van der Waals surface area contributed by atoms with Crippen molar-refractivity contribution in [2.24, 2.45) is 0 Å². The van der Waals surface area contributed by atoms with E-state index in [-0.39, 0.29) is 6.03 Å². The minimum atomic E-state index is -0.111. The van der Waals surface area contributed by atoms with Crippen LogP contribution in [-0.2, 0) is 6.54 Å². The van der Waals surface area contributed by atoms with Crippen molar-refractivity contribution >= 4 is 46.0 Å². The van der Waals surface area contributed by atoms with Crippen molar-refractivity contribution in [3.8, 4) is 0 Å². The number of amides is 2. The van der Waals surface area contributed by atoms with Crippen LogP contribution in [-0.4, -0.2) is 47.0 Å². The van der Waals surface area contributed by atoms with E-state index in [2.05, 4.69) is 15.2 Å². The van der Waals surface area contributed by atoms with Gasteiger partial charge in [0.1, 0.15) is 5.52 Å². The highest BCUT2D eigenvalue weighted by molar-refractivity contribution is 6.31. The summed E-state index contributed by atoms with van der Waals surface area (Å²) < 4.78 is 5.81. The number of oxazole rings is 1. The number of halogens is 2. The number of nitrogens with zero attached hydrogens (tertiary/aromatic N) is 3. The number of anilines is 1. The Morgan fingerprint density at radius 3 is 2.79 bits per heavy atom. The summed E-state index contributed by atoms with van der Waals surface area (Å²) in [7, 11) is 0. The Labute approximate surface area is 173 Å². The largest absolute Gasteiger partial charge is 0.439 e. The van der Waals surface area contributed by atoms with Gasteiger partial charge < -0.3 is 14.6 Å². The second-order valence-corrected chi connectivity index (χ2v) is 7.65. The number of carbonyl (C=O) groups excluding carboxylic acids is 1. The van der Waals surface area contributed by atoms with Crippen molar-refractivity contribution in [1.29, 1.82) is 0 Å². The van der Waals surface area contributed by atoms with Crippen LogP contribution in [0, 0.1) is 0 Å². The molecule has 0 spiro atoms. The van der Waals surface area contributed by atoms with Crippen molar-refractivity contribution in [3.63, 3.8) is 0 Å². The third-order valence-corrected chi connectivity index (χ3v) is 5.17. The fourth-order valence-electron chi connectivity index (χ4n) is 3.31. The Hall–Kier alpha value is -2.28. The lowest BCUT2D eigenvalue weighted by molar-refractivity contribution is 0.209. The quantitative estimate of drug-likeness (QED) is 0.658. The molecule has 28 heavy (non-hydrogen) atoms. The number of nitrogens with one attached hydrogen (secondary N) is 1. The summed E-state index contributed by atoms with van der Waals surface area (Å²) >= 11 is 12.0. The van der Waals surface area contributed by atoms with Crippen LogP contribution in [0.5, 0.6) is 0 Å². The summed E-state index contributed by atoms with van der Waals surface area (Å²) in [5.74, 6) is 0.661. The molecule has 0 radical (unpaired) electrons. The van der Waals surface area contributed by atoms with E-state index < -0.39 is 0 Å². The summed E-state index contributed by atoms with van der Waals surface area (Å²) in [6.45, 7) is 3.57. The van der Waals surface area contributed by atoms with Crippen LogP contribution in [0.2, 0.25) is 10.0 Å². The molecule has 1 aromatic heterocycles. The fraction of sp³-hybridized carbons (Fsp3) is 0.300. The Kier molecular flexibility index (Phi) is 5.71. The Morgan fingerprint density at radius 2 is 1.93 bits per heavy atom. The van der Waals surface area contributed by atoms with Gasteiger partial charge in [-0.2, -0.15) is 0 Å². The van der Waals surface area contributed by atoms with Crippen molar-refractivity contribution in [2.45, 2.75) is 13.0 Å². The summed E-state index contributed by atoms with van der Waals surface area (Å²) in [4.78, 5) is 21.1. The first-order valence-corrected chi connectivity index (χ1v) is 9.91. The normalized spacial score (nSPS) is 15.6. The molecule has 1 saturated heterocycles. The molecule has 4 rings (SSSR count). The van der Waals surface area contributed by atoms with Gasteiger partial charge in [-0.15, -0.1) is 0 Å². The molecular formula is C20H20Cl2N4O2. The highest BCUT2D eigenvalue weighted by Crippen LogP contribution is 2.21. The first-order chi connectivity index (χ1) is 13.6. The number of hydrogen-bond acceptors (Lipinski definition) is 4. The van der Waals surface area contributed by atoms with Gasteiger partial charge >= 0.3 is 6.03 Å². The minimum Gasteiger partial charge on any atom is -0.439 e. The lowest BCUT2D eigenvalue weighted by Gasteiger charge is -2.21. The van der Waals surface area contributed by atoms with E-state index in [4.69, 9.17) is 27.6 Å². The van der Waals surface area contributed by atoms with E-state index >= 15 is 0 Å². The van der Waals surface area contributed by atoms with E-state index in [0.29, 0.717) is 41.3 Å². The molecule has 2 heterocycles. The van der Waals surface area contributed by atoms with Gasteiger partial charge in [0.2, 0.25) is 5.89 Å². The Bertz CT molecular complexity index is 991. The topological polar surface area (TPSA) is 61.6 Å². The van der Waals surface area contributed by atoms with Crippen LogP contribution < -0.4 is 5.32 Å². The van der Waals surface area contributed by atoms with Crippen molar-refractivity contribution in [1.82, 2.24) is 14.8 Å². The van der Waals surface area contributed by atoms with E-state index in [0.717, 1.165) is 30.6 Å². The average Bonchev–Trinajstić information content (AvgIpc) is 2.89. The molecule has 0 aliphatic carbocycles. The van der Waals surface area contributed by atoms with Gasteiger partial charge in [-0.05, 0) is 42.8 Å². The number of benzene rings is 2. The van der Waals surface area contributed by atoms with Gasteiger partial charge in [-0.1, -0.05) is 29.3 Å². The lowest BCUT2D eigenvalue weighted by Crippen LogP contribution is -2.38. The van der Waals surface area contributed by atoms with Crippen LogP contribution in [0.3, 0.4) is 0 Å². The number of fused-ring (bicyclic) bond motifs is 1. The first kappa shape index (κ1) is 19.1. The SMILES string of the molecule is O=C(Nc1cccc(Cl)c1)N1CCCN(Cc2nc3cc(Cl)ccc3o2)CC1. The number of urea groups is 1. The zero-order valence-electron chi connectivity index (χ0n) is 15.2. The Balaban J connectivity index is 1.35. The summed E-state index contributed by atoms with van der Waals surface area (Å²) in [5.41, 5.74) is 2.19. The van der Waals surface area contributed by atoms with Crippen LogP contribution in [0.4, 0.5) is 10.5 Å². The predicted molar refractivity (Wildman–Crippen MR) is 111 cm³/mol. The van der Waals surface area contributed by atoms with Crippen molar-refractivity contribution in [3.05, 3.63) is 58.4 Å². The number of rotatable bonds is 3. The molecule has 3 aromatic rings.